The molecule has 2 aromatic rings. The van der Waals surface area contributed by atoms with Crippen LogP contribution in [0.2, 0.25) is 0 Å². The lowest BCUT2D eigenvalue weighted by Crippen LogP contribution is -2.18. The van der Waals surface area contributed by atoms with Gasteiger partial charge in [0.25, 0.3) is 0 Å². The predicted octanol–water partition coefficient (Wildman–Crippen LogP) is 3.56. The summed E-state index contributed by atoms with van der Waals surface area (Å²) in [4.78, 5) is 0.601. The van der Waals surface area contributed by atoms with Crippen LogP contribution in [0.1, 0.15) is 41.1 Å². The first-order valence-corrected chi connectivity index (χ1v) is 6.95. The van der Waals surface area contributed by atoms with E-state index >= 15 is 0 Å². The number of aromatic nitrogens is 2. The molecule has 0 radical (unpaired) electrons. The van der Waals surface area contributed by atoms with Gasteiger partial charge in [-0.1, -0.05) is 36.0 Å². The minimum absolute atomic E-state index is 0.0587. The second-order valence-corrected chi connectivity index (χ2v) is 5.18. The zero-order chi connectivity index (χ0) is 14.8. The van der Waals surface area contributed by atoms with Gasteiger partial charge >= 0.3 is 6.18 Å². The van der Waals surface area contributed by atoms with E-state index in [0.717, 1.165) is 24.0 Å². The van der Waals surface area contributed by atoms with Gasteiger partial charge in [0.2, 0.25) is 0 Å². The smallest absolute Gasteiger partial charge is 0.319 e. The Morgan fingerprint density at radius 1 is 1.30 bits per heavy atom. The normalized spacial score (nSPS) is 13.4. The number of hydrogen-bond acceptors (Lipinski definition) is 4. The molecule has 2 N–H and O–H groups in total. The van der Waals surface area contributed by atoms with Crippen molar-refractivity contribution >= 4 is 11.5 Å². The molecule has 0 bridgehead atoms. The highest BCUT2D eigenvalue weighted by Gasteiger charge is 2.35. The van der Waals surface area contributed by atoms with Crippen molar-refractivity contribution in [2.24, 2.45) is 5.73 Å². The lowest BCUT2D eigenvalue weighted by atomic mass is 9.98. The molecule has 1 heterocycles. The molecule has 0 aliphatic carbocycles. The third-order valence-corrected chi connectivity index (χ3v) is 3.81. The van der Waals surface area contributed by atoms with Crippen LogP contribution < -0.4 is 5.73 Å². The Morgan fingerprint density at radius 2 is 2.00 bits per heavy atom. The molecule has 3 nitrogen and oxygen atoms in total. The molecule has 0 amide bonds. The van der Waals surface area contributed by atoms with Crippen molar-refractivity contribution < 1.29 is 13.2 Å². The van der Waals surface area contributed by atoms with Crippen LogP contribution >= 0.6 is 11.5 Å². The fourth-order valence-corrected chi connectivity index (χ4v) is 2.75. The summed E-state index contributed by atoms with van der Waals surface area (Å²) in [5, 5.41) is 3.95. The molecule has 0 spiro atoms. The Kier molecular flexibility index (Phi) is 4.39. The Balaban J connectivity index is 2.43. The number of alkyl halides is 3. The van der Waals surface area contributed by atoms with Crippen LogP contribution in [0.3, 0.4) is 0 Å². The van der Waals surface area contributed by atoms with E-state index in [-0.39, 0.29) is 5.56 Å². The highest BCUT2D eigenvalue weighted by molar-refractivity contribution is 7.05. The number of aryl methyl sites for hydroxylation is 1. The topological polar surface area (TPSA) is 51.8 Å². The number of nitrogens with zero attached hydrogens (tertiary/aromatic N) is 2. The van der Waals surface area contributed by atoms with Gasteiger partial charge in [-0.2, -0.15) is 13.2 Å². The van der Waals surface area contributed by atoms with Crippen LogP contribution in [0.25, 0.3) is 0 Å². The van der Waals surface area contributed by atoms with Crippen LogP contribution in [0, 0.1) is 0 Å². The van der Waals surface area contributed by atoms with Gasteiger partial charge in [0.05, 0.1) is 22.2 Å². The fraction of sp³-hybridized carbons (Fsp3) is 0.385. The molecule has 1 aromatic carbocycles. The van der Waals surface area contributed by atoms with E-state index in [0.29, 0.717) is 17.0 Å². The Labute approximate surface area is 118 Å². The van der Waals surface area contributed by atoms with Gasteiger partial charge in [0, 0.05) is 0 Å². The van der Waals surface area contributed by atoms with Crippen LogP contribution in [-0.2, 0) is 12.6 Å². The zero-order valence-corrected chi connectivity index (χ0v) is 11.6. The minimum atomic E-state index is -4.42. The zero-order valence-electron chi connectivity index (χ0n) is 10.8. The maximum atomic E-state index is 13.0. The number of benzene rings is 1. The molecule has 7 heteroatoms. The van der Waals surface area contributed by atoms with Crippen LogP contribution in [0.5, 0.6) is 0 Å². The van der Waals surface area contributed by atoms with E-state index in [9.17, 15) is 13.2 Å². The quantitative estimate of drug-likeness (QED) is 0.939. The first-order valence-electron chi connectivity index (χ1n) is 6.18. The van der Waals surface area contributed by atoms with E-state index in [1.165, 1.54) is 12.1 Å². The largest absolute Gasteiger partial charge is 0.416 e. The molecule has 108 valence electrons. The van der Waals surface area contributed by atoms with Gasteiger partial charge in [-0.15, -0.1) is 5.10 Å². The third-order valence-electron chi connectivity index (χ3n) is 2.96. The summed E-state index contributed by atoms with van der Waals surface area (Å²) in [5.41, 5.74) is 6.06. The standard InChI is InChI=1S/C13H14F3N3S/c1-2-5-10-12(20-19-18-10)11(17)8-6-3-4-7-9(8)13(14,15)16/h3-4,6-7,11H,2,5,17H2,1H3. The molecular weight excluding hydrogens is 287 g/mol. The number of halogens is 3. The van der Waals surface area contributed by atoms with Crippen molar-refractivity contribution in [3.8, 4) is 0 Å². The second kappa shape index (κ2) is 5.88. The Morgan fingerprint density at radius 3 is 2.65 bits per heavy atom. The van der Waals surface area contributed by atoms with Crippen molar-refractivity contribution in [1.82, 2.24) is 9.59 Å². The van der Waals surface area contributed by atoms with Crippen LogP contribution in [0.15, 0.2) is 24.3 Å². The molecular formula is C13H14F3N3S. The molecule has 0 aliphatic heterocycles. The van der Waals surface area contributed by atoms with Crippen molar-refractivity contribution in [2.75, 3.05) is 0 Å². The van der Waals surface area contributed by atoms with Crippen LogP contribution in [0.4, 0.5) is 13.2 Å². The number of hydrogen-bond donors (Lipinski definition) is 1. The summed E-state index contributed by atoms with van der Waals surface area (Å²) in [7, 11) is 0. The van der Waals surface area contributed by atoms with Crippen molar-refractivity contribution in [1.29, 1.82) is 0 Å². The van der Waals surface area contributed by atoms with Gasteiger partial charge in [-0.25, -0.2) is 0 Å². The van der Waals surface area contributed by atoms with E-state index in [2.05, 4.69) is 9.59 Å². The SMILES string of the molecule is CCCc1nnsc1C(N)c1ccccc1C(F)(F)F. The monoisotopic (exact) mass is 301 g/mol. The maximum absolute atomic E-state index is 13.0. The number of nitrogens with two attached hydrogens (primary N) is 1. The second-order valence-electron chi connectivity index (χ2n) is 4.40. The maximum Gasteiger partial charge on any atom is 0.416 e. The molecule has 1 aromatic heterocycles. The Bertz CT molecular complexity index is 580. The van der Waals surface area contributed by atoms with Gasteiger partial charge in [-0.05, 0) is 29.6 Å². The van der Waals surface area contributed by atoms with Crippen molar-refractivity contribution in [2.45, 2.75) is 32.0 Å². The molecule has 1 atom stereocenters. The van der Waals surface area contributed by atoms with E-state index in [1.54, 1.807) is 6.07 Å². The average Bonchev–Trinajstić information content (AvgIpc) is 2.85. The summed E-state index contributed by atoms with van der Waals surface area (Å²) in [6.07, 6.45) is -2.92. The predicted molar refractivity (Wildman–Crippen MR) is 71.4 cm³/mol. The summed E-state index contributed by atoms with van der Waals surface area (Å²) >= 11 is 1.06. The first-order chi connectivity index (χ1) is 9.45. The van der Waals surface area contributed by atoms with Crippen molar-refractivity contribution in [3.63, 3.8) is 0 Å². The highest BCUT2D eigenvalue weighted by Crippen LogP contribution is 2.36. The average molecular weight is 301 g/mol. The van der Waals surface area contributed by atoms with E-state index in [4.69, 9.17) is 5.73 Å². The summed E-state index contributed by atoms with van der Waals surface area (Å²) in [5.74, 6) is 0. The number of rotatable bonds is 4. The summed E-state index contributed by atoms with van der Waals surface area (Å²) < 4.78 is 42.9. The fourth-order valence-electron chi connectivity index (χ4n) is 2.03. The van der Waals surface area contributed by atoms with Gasteiger partial charge in [0.1, 0.15) is 0 Å². The van der Waals surface area contributed by atoms with Crippen LogP contribution in [-0.4, -0.2) is 9.59 Å². The molecule has 20 heavy (non-hydrogen) atoms. The molecule has 0 fully saturated rings. The molecule has 2 rings (SSSR count). The van der Waals surface area contributed by atoms with Gasteiger partial charge in [0.15, 0.2) is 0 Å². The highest BCUT2D eigenvalue weighted by atomic mass is 32.1. The van der Waals surface area contributed by atoms with E-state index in [1.807, 2.05) is 6.92 Å². The lowest BCUT2D eigenvalue weighted by molar-refractivity contribution is -0.138. The first kappa shape index (κ1) is 14.9. The molecule has 0 aliphatic rings. The molecule has 0 saturated heterocycles. The molecule has 0 saturated carbocycles. The summed E-state index contributed by atoms with van der Waals surface area (Å²) in [6, 6.07) is 4.51. The van der Waals surface area contributed by atoms with E-state index < -0.39 is 17.8 Å². The minimum Gasteiger partial charge on any atom is -0.319 e. The lowest BCUT2D eigenvalue weighted by Gasteiger charge is -2.17. The Hall–Kier alpha value is -1.47. The third kappa shape index (κ3) is 2.99. The molecule has 1 unspecified atom stereocenters. The summed E-state index contributed by atoms with van der Waals surface area (Å²) in [6.45, 7) is 1.97. The van der Waals surface area contributed by atoms with Crippen molar-refractivity contribution in [3.05, 3.63) is 46.0 Å². The van der Waals surface area contributed by atoms with Gasteiger partial charge in [-0.3, -0.25) is 0 Å². The van der Waals surface area contributed by atoms with Gasteiger partial charge < -0.3 is 5.73 Å².